The van der Waals surface area contributed by atoms with Gasteiger partial charge in [0.15, 0.2) is 0 Å². The second-order valence-corrected chi connectivity index (χ2v) is 15.3. The Morgan fingerprint density at radius 2 is 1.55 bits per heavy atom. The normalized spacial score (nSPS) is 22.1. The number of ketones is 1. The molecule has 6 atom stereocenters. The average molecular weight is 730 g/mol. The van der Waals surface area contributed by atoms with E-state index in [1.54, 1.807) is 0 Å². The topological polar surface area (TPSA) is 188 Å². The molecule has 0 spiro atoms. The Bertz CT molecular complexity index is 1580. The van der Waals surface area contributed by atoms with Crippen LogP contribution in [0.4, 0.5) is 0 Å². The lowest BCUT2D eigenvalue weighted by molar-refractivity contribution is -0.141. The summed E-state index contributed by atoms with van der Waals surface area (Å²) in [5, 5.41) is 14.5. The molecule has 0 bridgehead atoms. The Hall–Kier alpha value is -4.68. The van der Waals surface area contributed by atoms with Crippen molar-refractivity contribution in [2.24, 2.45) is 17.8 Å². The fourth-order valence-electron chi connectivity index (χ4n) is 7.69. The van der Waals surface area contributed by atoms with Gasteiger partial charge in [-0.05, 0) is 74.7 Å². The van der Waals surface area contributed by atoms with Gasteiger partial charge in [-0.15, -0.1) is 0 Å². The number of benzene rings is 1. The average Bonchev–Trinajstić information content (AvgIpc) is 4.00. The van der Waals surface area contributed by atoms with Crippen molar-refractivity contribution in [1.82, 2.24) is 36.6 Å². The van der Waals surface area contributed by atoms with Gasteiger partial charge in [-0.25, -0.2) is 4.98 Å². The van der Waals surface area contributed by atoms with Crippen LogP contribution in [-0.2, 0) is 24.0 Å². The monoisotopic (exact) mass is 729 g/mol. The molecular formula is C40H55N7O6. The molecule has 2 unspecified atom stereocenters. The van der Waals surface area contributed by atoms with Crippen LogP contribution in [0, 0.1) is 17.8 Å². The molecule has 3 aliphatic carbocycles. The quantitative estimate of drug-likeness (QED) is 0.162. The first-order valence-electron chi connectivity index (χ1n) is 19.4. The Morgan fingerprint density at radius 3 is 2.19 bits per heavy atom. The standard InChI is InChI=1S/C40H55N7O6/c1-4-11-31(35(48)40(53)43-28-17-18-28)45-36(49)29-22-27(25-12-7-5-8-13-25)16-19-30(29)44-38(51)33(24(2)3)46-39(52)34(26-14-9-6-10-15-26)47-37(50)32-23-41-20-21-42-32/h5,7-8,12-13,20-21,23-24,26-31,33-34H,4,6,9-11,14-19,22H2,1-3H3,(H,43,53)(H,44,51)(H,45,49)(H,46,52)(H,47,50)/t27-,29-,30+,31?,33?,34+/m1/s1. The van der Waals surface area contributed by atoms with Crippen LogP contribution >= 0.6 is 0 Å². The molecule has 0 radical (unpaired) electrons. The van der Waals surface area contributed by atoms with E-state index in [0.29, 0.717) is 25.7 Å². The summed E-state index contributed by atoms with van der Waals surface area (Å²) in [5.74, 6) is -4.19. The van der Waals surface area contributed by atoms with Crippen molar-refractivity contribution >= 4 is 35.3 Å². The molecule has 5 N–H and O–H groups in total. The number of carbonyl (C=O) groups excluding carboxylic acids is 6. The zero-order valence-electron chi connectivity index (χ0n) is 31.1. The SMILES string of the molecule is CCCC(NC(=O)[C@@H]1C[C@H](c2ccccc2)CC[C@@H]1NC(=O)C(NC(=O)[C@@H](NC(=O)c1cnccn1)C1CCCCC1)C(C)C)C(=O)C(=O)NC1CC1. The van der Waals surface area contributed by atoms with Crippen molar-refractivity contribution < 1.29 is 28.8 Å². The molecule has 13 nitrogen and oxygen atoms in total. The maximum Gasteiger partial charge on any atom is 0.289 e. The zero-order chi connectivity index (χ0) is 37.9. The first-order valence-corrected chi connectivity index (χ1v) is 19.4. The highest BCUT2D eigenvalue weighted by atomic mass is 16.2. The minimum absolute atomic E-state index is 0.00998. The van der Waals surface area contributed by atoms with Crippen molar-refractivity contribution in [3.05, 3.63) is 60.2 Å². The molecule has 286 valence electrons. The van der Waals surface area contributed by atoms with Gasteiger partial charge >= 0.3 is 0 Å². The van der Waals surface area contributed by atoms with Crippen LogP contribution in [0.3, 0.4) is 0 Å². The van der Waals surface area contributed by atoms with Crippen molar-refractivity contribution in [3.63, 3.8) is 0 Å². The van der Waals surface area contributed by atoms with Crippen LogP contribution in [-0.4, -0.2) is 75.5 Å². The van der Waals surface area contributed by atoms with Crippen LogP contribution in [0.15, 0.2) is 48.9 Å². The molecule has 13 heteroatoms. The zero-order valence-corrected chi connectivity index (χ0v) is 31.1. The molecule has 5 amide bonds. The summed E-state index contributed by atoms with van der Waals surface area (Å²) in [6.07, 6.45) is 12.9. The Balaban J connectivity index is 1.32. The Morgan fingerprint density at radius 1 is 0.811 bits per heavy atom. The summed E-state index contributed by atoms with van der Waals surface area (Å²) in [4.78, 5) is 89.3. The minimum Gasteiger partial charge on any atom is -0.351 e. The second kappa shape index (κ2) is 18.9. The van der Waals surface area contributed by atoms with Gasteiger partial charge in [-0.2, -0.15) is 0 Å². The van der Waals surface area contributed by atoms with Gasteiger partial charge in [0.25, 0.3) is 11.8 Å². The van der Waals surface area contributed by atoms with E-state index in [9.17, 15) is 28.8 Å². The molecule has 1 aromatic carbocycles. The summed E-state index contributed by atoms with van der Waals surface area (Å²) in [6, 6.07) is 6.55. The van der Waals surface area contributed by atoms with Gasteiger partial charge in [-0.3, -0.25) is 33.8 Å². The fraction of sp³-hybridized carbons (Fsp3) is 0.600. The number of aromatic nitrogens is 2. The second-order valence-electron chi connectivity index (χ2n) is 15.3. The van der Waals surface area contributed by atoms with Crippen LogP contribution in [0.5, 0.6) is 0 Å². The molecular weight excluding hydrogens is 674 g/mol. The number of nitrogens with one attached hydrogen (secondary N) is 5. The first-order chi connectivity index (χ1) is 25.5. The highest BCUT2D eigenvalue weighted by Crippen LogP contribution is 2.37. The molecule has 53 heavy (non-hydrogen) atoms. The number of Topliss-reactive ketones (excluding diaryl/α,β-unsaturated/α-hetero) is 1. The first kappa shape index (κ1) is 39.5. The molecule has 5 rings (SSSR count). The van der Waals surface area contributed by atoms with E-state index in [0.717, 1.165) is 56.9 Å². The summed E-state index contributed by atoms with van der Waals surface area (Å²) < 4.78 is 0. The Labute approximate surface area is 312 Å². The van der Waals surface area contributed by atoms with Gasteiger partial charge in [0.05, 0.1) is 18.2 Å². The molecule has 0 saturated heterocycles. The van der Waals surface area contributed by atoms with E-state index < -0.39 is 65.4 Å². The summed E-state index contributed by atoms with van der Waals surface area (Å²) in [6.45, 7) is 5.56. The third-order valence-corrected chi connectivity index (χ3v) is 10.9. The van der Waals surface area contributed by atoms with Crippen LogP contribution in [0.1, 0.15) is 120 Å². The third-order valence-electron chi connectivity index (χ3n) is 10.9. The Kier molecular flexibility index (Phi) is 14.1. The smallest absolute Gasteiger partial charge is 0.289 e. The maximum atomic E-state index is 14.1. The van der Waals surface area contributed by atoms with Gasteiger partial charge in [0, 0.05) is 24.5 Å². The lowest BCUT2D eigenvalue weighted by Gasteiger charge is -2.38. The predicted molar refractivity (Wildman–Crippen MR) is 198 cm³/mol. The maximum absolute atomic E-state index is 14.1. The summed E-state index contributed by atoms with van der Waals surface area (Å²) in [7, 11) is 0. The van der Waals surface area contributed by atoms with E-state index in [1.807, 2.05) is 51.1 Å². The van der Waals surface area contributed by atoms with Crippen LogP contribution < -0.4 is 26.6 Å². The fourth-order valence-corrected chi connectivity index (χ4v) is 7.69. The molecule has 1 heterocycles. The van der Waals surface area contributed by atoms with Crippen molar-refractivity contribution in [2.45, 2.75) is 134 Å². The minimum atomic E-state index is -0.976. The van der Waals surface area contributed by atoms with Crippen molar-refractivity contribution in [1.29, 1.82) is 0 Å². The van der Waals surface area contributed by atoms with E-state index in [-0.39, 0.29) is 29.5 Å². The molecule has 3 fully saturated rings. The molecule has 1 aromatic heterocycles. The number of nitrogens with zero attached hydrogens (tertiary/aromatic N) is 2. The molecule has 2 aromatic rings. The van der Waals surface area contributed by atoms with E-state index >= 15 is 0 Å². The van der Waals surface area contributed by atoms with E-state index in [4.69, 9.17) is 0 Å². The highest BCUT2D eigenvalue weighted by molar-refractivity contribution is 6.38. The predicted octanol–water partition coefficient (Wildman–Crippen LogP) is 3.50. The number of carbonyl (C=O) groups is 6. The molecule has 0 aliphatic heterocycles. The largest absolute Gasteiger partial charge is 0.351 e. The molecule has 3 saturated carbocycles. The number of hydrogen-bond acceptors (Lipinski definition) is 8. The van der Waals surface area contributed by atoms with E-state index in [2.05, 4.69) is 36.6 Å². The van der Waals surface area contributed by atoms with Gasteiger partial charge in [0.1, 0.15) is 17.8 Å². The third kappa shape index (κ3) is 10.9. The molecule has 3 aliphatic rings. The lowest BCUT2D eigenvalue weighted by Crippen LogP contribution is -2.60. The van der Waals surface area contributed by atoms with Crippen LogP contribution in [0.2, 0.25) is 0 Å². The van der Waals surface area contributed by atoms with E-state index in [1.165, 1.54) is 18.6 Å². The van der Waals surface area contributed by atoms with Crippen molar-refractivity contribution in [3.8, 4) is 0 Å². The number of amides is 5. The van der Waals surface area contributed by atoms with Crippen molar-refractivity contribution in [2.75, 3.05) is 0 Å². The summed E-state index contributed by atoms with van der Waals surface area (Å²) >= 11 is 0. The van der Waals surface area contributed by atoms with Gasteiger partial charge < -0.3 is 26.6 Å². The van der Waals surface area contributed by atoms with Gasteiger partial charge in [0.2, 0.25) is 23.5 Å². The highest BCUT2D eigenvalue weighted by Gasteiger charge is 2.41. The van der Waals surface area contributed by atoms with Crippen LogP contribution in [0.25, 0.3) is 0 Å². The lowest BCUT2D eigenvalue weighted by atomic mass is 9.74. The number of rotatable bonds is 16. The van der Waals surface area contributed by atoms with Gasteiger partial charge in [-0.1, -0.05) is 76.8 Å². The number of hydrogen-bond donors (Lipinski definition) is 5. The summed E-state index contributed by atoms with van der Waals surface area (Å²) in [5.41, 5.74) is 1.19.